The highest BCUT2D eigenvalue weighted by Gasteiger charge is 2.02. The number of nitrogens with zero attached hydrogens (tertiary/aromatic N) is 2. The summed E-state index contributed by atoms with van der Waals surface area (Å²) in [5.74, 6) is 1.70. The molecule has 0 saturated heterocycles. The minimum atomic E-state index is 0.797. The van der Waals surface area contributed by atoms with E-state index >= 15 is 0 Å². The molecule has 0 aliphatic rings. The standard InChI is InChI=1S/C11H13N3S/c1-2-6-12-10-5-7-13-11(14-10)9-4-3-8-15-9/h3-5,7-8H,2,6H2,1H3,(H,12,13,14). The van der Waals surface area contributed by atoms with E-state index in [-0.39, 0.29) is 0 Å². The van der Waals surface area contributed by atoms with Gasteiger partial charge < -0.3 is 5.32 Å². The third-order valence-electron chi connectivity index (χ3n) is 1.95. The summed E-state index contributed by atoms with van der Waals surface area (Å²) < 4.78 is 0. The van der Waals surface area contributed by atoms with E-state index in [9.17, 15) is 0 Å². The predicted molar refractivity (Wildman–Crippen MR) is 64.1 cm³/mol. The maximum atomic E-state index is 4.44. The molecule has 15 heavy (non-hydrogen) atoms. The van der Waals surface area contributed by atoms with Crippen LogP contribution in [0.3, 0.4) is 0 Å². The molecule has 78 valence electrons. The lowest BCUT2D eigenvalue weighted by Gasteiger charge is -2.03. The van der Waals surface area contributed by atoms with Gasteiger partial charge in [-0.2, -0.15) is 0 Å². The van der Waals surface area contributed by atoms with Crippen LogP contribution in [0.5, 0.6) is 0 Å². The number of rotatable bonds is 4. The van der Waals surface area contributed by atoms with Crippen molar-refractivity contribution < 1.29 is 0 Å². The Hall–Kier alpha value is -1.42. The smallest absolute Gasteiger partial charge is 0.171 e. The van der Waals surface area contributed by atoms with Crippen molar-refractivity contribution in [3.8, 4) is 10.7 Å². The van der Waals surface area contributed by atoms with Gasteiger partial charge in [0.15, 0.2) is 5.82 Å². The van der Waals surface area contributed by atoms with Gasteiger partial charge in [-0.3, -0.25) is 0 Å². The molecule has 4 heteroatoms. The third kappa shape index (κ3) is 2.53. The number of hydrogen-bond donors (Lipinski definition) is 1. The summed E-state index contributed by atoms with van der Waals surface area (Å²) in [6.07, 6.45) is 2.89. The Morgan fingerprint density at radius 2 is 2.33 bits per heavy atom. The largest absolute Gasteiger partial charge is 0.370 e. The Morgan fingerprint density at radius 3 is 3.07 bits per heavy atom. The fraction of sp³-hybridized carbons (Fsp3) is 0.273. The molecule has 0 atom stereocenters. The molecule has 2 heterocycles. The summed E-state index contributed by atoms with van der Waals surface area (Å²) in [5.41, 5.74) is 0. The number of thiophene rings is 1. The second-order valence-electron chi connectivity index (χ2n) is 3.17. The third-order valence-corrected chi connectivity index (χ3v) is 2.82. The average molecular weight is 219 g/mol. The SMILES string of the molecule is CCCNc1ccnc(-c2cccs2)n1. The van der Waals surface area contributed by atoms with Crippen molar-refractivity contribution in [2.24, 2.45) is 0 Å². The van der Waals surface area contributed by atoms with Crippen molar-refractivity contribution in [3.63, 3.8) is 0 Å². The van der Waals surface area contributed by atoms with Crippen LogP contribution in [-0.4, -0.2) is 16.5 Å². The zero-order chi connectivity index (χ0) is 10.5. The molecule has 2 rings (SSSR count). The molecule has 0 spiro atoms. The van der Waals surface area contributed by atoms with Crippen molar-refractivity contribution in [3.05, 3.63) is 29.8 Å². The molecular weight excluding hydrogens is 206 g/mol. The van der Waals surface area contributed by atoms with E-state index in [1.54, 1.807) is 17.5 Å². The molecule has 0 radical (unpaired) electrons. The van der Waals surface area contributed by atoms with E-state index in [0.29, 0.717) is 0 Å². The van der Waals surface area contributed by atoms with Gasteiger partial charge in [0.05, 0.1) is 4.88 Å². The van der Waals surface area contributed by atoms with Crippen LogP contribution in [0.4, 0.5) is 5.82 Å². The molecule has 0 bridgehead atoms. The molecule has 3 nitrogen and oxygen atoms in total. The quantitative estimate of drug-likeness (QED) is 0.859. The molecule has 2 aromatic rings. The first-order valence-corrected chi connectivity index (χ1v) is 5.89. The van der Waals surface area contributed by atoms with E-state index in [1.165, 1.54) is 0 Å². The van der Waals surface area contributed by atoms with Gasteiger partial charge in [0.2, 0.25) is 0 Å². The molecule has 0 aliphatic heterocycles. The lowest BCUT2D eigenvalue weighted by molar-refractivity contribution is 0.966. The Bertz CT molecular complexity index is 412. The van der Waals surface area contributed by atoms with Crippen LogP contribution in [0.1, 0.15) is 13.3 Å². The minimum Gasteiger partial charge on any atom is -0.370 e. The summed E-state index contributed by atoms with van der Waals surface area (Å²) in [6, 6.07) is 5.94. The van der Waals surface area contributed by atoms with Gasteiger partial charge in [-0.1, -0.05) is 13.0 Å². The van der Waals surface area contributed by atoms with Crippen molar-refractivity contribution >= 4 is 17.2 Å². The number of hydrogen-bond acceptors (Lipinski definition) is 4. The lowest BCUT2D eigenvalue weighted by Crippen LogP contribution is -2.02. The van der Waals surface area contributed by atoms with E-state index < -0.39 is 0 Å². The normalized spacial score (nSPS) is 10.2. The molecule has 0 amide bonds. The zero-order valence-corrected chi connectivity index (χ0v) is 9.42. The maximum Gasteiger partial charge on any atom is 0.171 e. The van der Waals surface area contributed by atoms with Crippen LogP contribution in [0, 0.1) is 0 Å². The van der Waals surface area contributed by atoms with Gasteiger partial charge in [0, 0.05) is 12.7 Å². The fourth-order valence-corrected chi connectivity index (χ4v) is 1.90. The zero-order valence-electron chi connectivity index (χ0n) is 8.60. The molecular formula is C11H13N3S. The summed E-state index contributed by atoms with van der Waals surface area (Å²) in [7, 11) is 0. The van der Waals surface area contributed by atoms with Crippen LogP contribution < -0.4 is 5.32 Å². The topological polar surface area (TPSA) is 37.8 Å². The number of aromatic nitrogens is 2. The van der Waals surface area contributed by atoms with E-state index in [0.717, 1.165) is 29.5 Å². The fourth-order valence-electron chi connectivity index (χ4n) is 1.23. The lowest BCUT2D eigenvalue weighted by atomic mass is 10.4. The van der Waals surface area contributed by atoms with Gasteiger partial charge in [-0.15, -0.1) is 11.3 Å². The molecule has 0 unspecified atom stereocenters. The molecule has 0 saturated carbocycles. The van der Waals surface area contributed by atoms with Gasteiger partial charge in [0.25, 0.3) is 0 Å². The highest BCUT2D eigenvalue weighted by molar-refractivity contribution is 7.13. The minimum absolute atomic E-state index is 0.797. The van der Waals surface area contributed by atoms with E-state index in [4.69, 9.17) is 0 Å². The van der Waals surface area contributed by atoms with E-state index in [1.807, 2.05) is 23.6 Å². The first-order chi connectivity index (χ1) is 7.40. The number of nitrogens with one attached hydrogen (secondary N) is 1. The summed E-state index contributed by atoms with van der Waals surface area (Å²) in [4.78, 5) is 9.80. The Kier molecular flexibility index (Phi) is 3.29. The Balaban J connectivity index is 2.19. The number of anilines is 1. The first-order valence-electron chi connectivity index (χ1n) is 5.01. The highest BCUT2D eigenvalue weighted by Crippen LogP contribution is 2.21. The average Bonchev–Trinajstić information content (AvgIpc) is 2.80. The highest BCUT2D eigenvalue weighted by atomic mass is 32.1. The van der Waals surface area contributed by atoms with Crippen LogP contribution >= 0.6 is 11.3 Å². The second kappa shape index (κ2) is 4.89. The Labute approximate surface area is 93.2 Å². The van der Waals surface area contributed by atoms with Gasteiger partial charge >= 0.3 is 0 Å². The summed E-state index contributed by atoms with van der Waals surface area (Å²) in [5, 5.41) is 5.28. The second-order valence-corrected chi connectivity index (χ2v) is 4.12. The van der Waals surface area contributed by atoms with Crippen molar-refractivity contribution in [2.75, 3.05) is 11.9 Å². The predicted octanol–water partition coefficient (Wildman–Crippen LogP) is 3.03. The van der Waals surface area contributed by atoms with Crippen molar-refractivity contribution in [1.82, 2.24) is 9.97 Å². The molecule has 0 aromatic carbocycles. The van der Waals surface area contributed by atoms with Gasteiger partial charge in [0.1, 0.15) is 5.82 Å². The summed E-state index contributed by atoms with van der Waals surface area (Å²) in [6.45, 7) is 3.08. The molecule has 0 fully saturated rings. The van der Waals surface area contributed by atoms with Crippen molar-refractivity contribution in [2.45, 2.75) is 13.3 Å². The van der Waals surface area contributed by atoms with Crippen LogP contribution in [-0.2, 0) is 0 Å². The van der Waals surface area contributed by atoms with Gasteiger partial charge in [-0.25, -0.2) is 9.97 Å². The van der Waals surface area contributed by atoms with Crippen LogP contribution in [0.15, 0.2) is 29.8 Å². The summed E-state index contributed by atoms with van der Waals surface area (Å²) >= 11 is 1.66. The van der Waals surface area contributed by atoms with E-state index in [2.05, 4.69) is 22.2 Å². The molecule has 1 N–H and O–H groups in total. The van der Waals surface area contributed by atoms with Crippen molar-refractivity contribution in [1.29, 1.82) is 0 Å². The monoisotopic (exact) mass is 219 g/mol. The Morgan fingerprint density at radius 1 is 1.40 bits per heavy atom. The maximum absolute atomic E-state index is 4.44. The van der Waals surface area contributed by atoms with Gasteiger partial charge in [-0.05, 0) is 23.9 Å². The molecule has 0 aliphatic carbocycles. The molecule has 2 aromatic heterocycles. The van der Waals surface area contributed by atoms with Crippen LogP contribution in [0.2, 0.25) is 0 Å². The van der Waals surface area contributed by atoms with Crippen LogP contribution in [0.25, 0.3) is 10.7 Å². The first kappa shape index (κ1) is 10.1.